The maximum Gasteiger partial charge on any atom is 0.291 e. The van der Waals surface area contributed by atoms with Crippen LogP contribution >= 0.6 is 11.6 Å². The molecule has 1 aromatic carbocycles. The zero-order chi connectivity index (χ0) is 17.0. The van der Waals surface area contributed by atoms with Crippen molar-refractivity contribution in [3.63, 3.8) is 0 Å². The molecule has 1 aromatic heterocycles. The van der Waals surface area contributed by atoms with E-state index in [0.717, 1.165) is 0 Å². The Bertz CT molecular complexity index is 784. The zero-order valence-corrected chi connectivity index (χ0v) is 14.3. The van der Waals surface area contributed by atoms with Crippen LogP contribution < -0.4 is 5.32 Å². The Morgan fingerprint density at radius 2 is 1.96 bits per heavy atom. The molecule has 0 aliphatic heterocycles. The maximum atomic E-state index is 12.5. The molecule has 0 bridgehead atoms. The molecule has 0 unspecified atom stereocenters. The highest BCUT2D eigenvalue weighted by atomic mass is 35.5. The molecule has 124 valence electrons. The van der Waals surface area contributed by atoms with Gasteiger partial charge in [0.15, 0.2) is 5.76 Å². The topological polar surface area (TPSA) is 79.6 Å². The molecular weight excluding hydrogens is 340 g/mol. The van der Waals surface area contributed by atoms with Crippen molar-refractivity contribution in [1.29, 1.82) is 0 Å². The van der Waals surface area contributed by atoms with Gasteiger partial charge in [0.1, 0.15) is 0 Å². The normalized spacial score (nSPS) is 11.7. The number of furan rings is 1. The van der Waals surface area contributed by atoms with Gasteiger partial charge >= 0.3 is 0 Å². The Labute approximate surface area is 140 Å². The Kier molecular flexibility index (Phi) is 5.46. The molecule has 2 rings (SSSR count). The second kappa shape index (κ2) is 7.16. The molecule has 0 radical (unpaired) electrons. The van der Waals surface area contributed by atoms with E-state index in [9.17, 15) is 13.2 Å². The Hall–Kier alpha value is -1.83. The predicted octanol–water partition coefficient (Wildman–Crippen LogP) is 3.22. The lowest BCUT2D eigenvalue weighted by molar-refractivity contribution is 0.0996. The first-order valence-corrected chi connectivity index (χ1v) is 8.86. The largest absolute Gasteiger partial charge is 0.459 e. The van der Waals surface area contributed by atoms with E-state index in [2.05, 4.69) is 5.32 Å². The van der Waals surface area contributed by atoms with Crippen LogP contribution in [0.2, 0.25) is 5.02 Å². The summed E-state index contributed by atoms with van der Waals surface area (Å²) in [4.78, 5) is 12.1. The van der Waals surface area contributed by atoms with E-state index in [0.29, 0.717) is 13.1 Å². The first kappa shape index (κ1) is 17.5. The molecule has 1 N–H and O–H groups in total. The van der Waals surface area contributed by atoms with Crippen LogP contribution in [-0.2, 0) is 10.0 Å². The molecule has 0 aliphatic rings. The molecule has 1 amide bonds. The summed E-state index contributed by atoms with van der Waals surface area (Å²) in [6, 6.07) is 7.28. The summed E-state index contributed by atoms with van der Waals surface area (Å²) in [5, 5.41) is 2.79. The van der Waals surface area contributed by atoms with Gasteiger partial charge in [-0.3, -0.25) is 4.79 Å². The second-order valence-electron chi connectivity index (χ2n) is 4.66. The summed E-state index contributed by atoms with van der Waals surface area (Å²) in [5.41, 5.74) is 0.210. The standard InChI is InChI=1S/C15H17ClN2O4S/c1-3-18(4-2)23(20,21)11-7-8-12(16)13(10-11)17-15(19)14-6-5-9-22-14/h5-10H,3-4H2,1-2H3,(H,17,19). The molecule has 0 aliphatic carbocycles. The number of benzene rings is 1. The van der Waals surface area contributed by atoms with E-state index in [1.165, 1.54) is 34.8 Å². The van der Waals surface area contributed by atoms with Crippen LogP contribution in [0.15, 0.2) is 45.9 Å². The highest BCUT2D eigenvalue weighted by molar-refractivity contribution is 7.89. The SMILES string of the molecule is CCN(CC)S(=O)(=O)c1ccc(Cl)c(NC(=O)c2ccco2)c1. The number of nitrogens with one attached hydrogen (secondary N) is 1. The number of anilines is 1. The van der Waals surface area contributed by atoms with Gasteiger partial charge in [0.25, 0.3) is 5.91 Å². The van der Waals surface area contributed by atoms with Crippen LogP contribution in [0.1, 0.15) is 24.4 Å². The fourth-order valence-corrected chi connectivity index (χ4v) is 3.71. The summed E-state index contributed by atoms with van der Waals surface area (Å²) in [6.07, 6.45) is 1.37. The van der Waals surface area contributed by atoms with Gasteiger partial charge in [-0.05, 0) is 30.3 Å². The number of nitrogens with zero attached hydrogens (tertiary/aromatic N) is 1. The molecule has 8 heteroatoms. The zero-order valence-electron chi connectivity index (χ0n) is 12.7. The van der Waals surface area contributed by atoms with Crippen LogP contribution in [0.25, 0.3) is 0 Å². The highest BCUT2D eigenvalue weighted by Gasteiger charge is 2.23. The fourth-order valence-electron chi connectivity index (χ4n) is 2.06. The van der Waals surface area contributed by atoms with Crippen molar-refractivity contribution >= 4 is 33.2 Å². The molecular formula is C15H17ClN2O4S. The minimum Gasteiger partial charge on any atom is -0.459 e. The van der Waals surface area contributed by atoms with E-state index >= 15 is 0 Å². The lowest BCUT2D eigenvalue weighted by Gasteiger charge is -2.19. The van der Waals surface area contributed by atoms with Crippen molar-refractivity contribution in [1.82, 2.24) is 4.31 Å². The number of sulfonamides is 1. The van der Waals surface area contributed by atoms with Gasteiger partial charge in [-0.1, -0.05) is 25.4 Å². The van der Waals surface area contributed by atoms with Crippen LogP contribution in [0, 0.1) is 0 Å². The number of hydrogen-bond acceptors (Lipinski definition) is 4. The molecule has 23 heavy (non-hydrogen) atoms. The highest BCUT2D eigenvalue weighted by Crippen LogP contribution is 2.27. The lowest BCUT2D eigenvalue weighted by atomic mass is 10.3. The number of rotatable bonds is 6. The van der Waals surface area contributed by atoms with Gasteiger partial charge < -0.3 is 9.73 Å². The summed E-state index contributed by atoms with van der Waals surface area (Å²) in [5.74, 6) is -0.396. The van der Waals surface area contributed by atoms with E-state index in [4.69, 9.17) is 16.0 Å². The third-order valence-corrected chi connectivity index (χ3v) is 5.65. The first-order chi connectivity index (χ1) is 10.9. The second-order valence-corrected chi connectivity index (χ2v) is 7.01. The van der Waals surface area contributed by atoms with Gasteiger partial charge in [0.2, 0.25) is 10.0 Å². The molecule has 6 nitrogen and oxygen atoms in total. The van der Waals surface area contributed by atoms with Crippen LogP contribution in [-0.4, -0.2) is 31.7 Å². The Morgan fingerprint density at radius 1 is 1.26 bits per heavy atom. The van der Waals surface area contributed by atoms with Crippen molar-refractivity contribution in [3.8, 4) is 0 Å². The third kappa shape index (κ3) is 3.74. The monoisotopic (exact) mass is 356 g/mol. The smallest absolute Gasteiger partial charge is 0.291 e. The van der Waals surface area contributed by atoms with Crippen LogP contribution in [0.4, 0.5) is 5.69 Å². The van der Waals surface area contributed by atoms with Crippen LogP contribution in [0.3, 0.4) is 0 Å². The van der Waals surface area contributed by atoms with Crippen molar-refractivity contribution < 1.29 is 17.6 Å². The van der Waals surface area contributed by atoms with E-state index < -0.39 is 15.9 Å². The summed E-state index contributed by atoms with van der Waals surface area (Å²) in [6.45, 7) is 4.23. The molecule has 0 saturated carbocycles. The Balaban J connectivity index is 2.34. The first-order valence-electron chi connectivity index (χ1n) is 7.04. The predicted molar refractivity (Wildman–Crippen MR) is 88.2 cm³/mol. The number of amides is 1. The van der Waals surface area contributed by atoms with Crippen molar-refractivity contribution in [2.24, 2.45) is 0 Å². The molecule has 2 aromatic rings. The molecule has 0 spiro atoms. The minimum atomic E-state index is -3.63. The number of carbonyl (C=O) groups is 1. The Morgan fingerprint density at radius 3 is 2.52 bits per heavy atom. The lowest BCUT2D eigenvalue weighted by Crippen LogP contribution is -2.30. The fraction of sp³-hybridized carbons (Fsp3) is 0.267. The molecule has 0 atom stereocenters. The van der Waals surface area contributed by atoms with E-state index in [1.807, 2.05) is 0 Å². The maximum absolute atomic E-state index is 12.5. The van der Waals surface area contributed by atoms with Crippen molar-refractivity contribution in [2.75, 3.05) is 18.4 Å². The van der Waals surface area contributed by atoms with Crippen molar-refractivity contribution in [3.05, 3.63) is 47.4 Å². The third-order valence-electron chi connectivity index (χ3n) is 3.27. The van der Waals surface area contributed by atoms with Gasteiger partial charge in [-0.25, -0.2) is 8.42 Å². The van der Waals surface area contributed by atoms with Gasteiger partial charge in [0, 0.05) is 13.1 Å². The van der Waals surface area contributed by atoms with Crippen LogP contribution in [0.5, 0.6) is 0 Å². The summed E-state index contributed by atoms with van der Waals surface area (Å²) in [7, 11) is -3.63. The van der Waals surface area contributed by atoms with Gasteiger partial charge in [0.05, 0.1) is 21.9 Å². The average Bonchev–Trinajstić information content (AvgIpc) is 3.04. The van der Waals surface area contributed by atoms with Gasteiger partial charge in [-0.15, -0.1) is 0 Å². The molecule has 0 fully saturated rings. The average molecular weight is 357 g/mol. The molecule has 1 heterocycles. The van der Waals surface area contributed by atoms with Crippen molar-refractivity contribution in [2.45, 2.75) is 18.7 Å². The van der Waals surface area contributed by atoms with E-state index in [-0.39, 0.29) is 21.4 Å². The number of carbonyl (C=O) groups excluding carboxylic acids is 1. The summed E-state index contributed by atoms with van der Waals surface area (Å²) >= 11 is 6.05. The molecule has 0 saturated heterocycles. The number of hydrogen-bond donors (Lipinski definition) is 1. The minimum absolute atomic E-state index is 0.0698. The number of halogens is 1. The van der Waals surface area contributed by atoms with E-state index in [1.54, 1.807) is 19.9 Å². The summed E-state index contributed by atoms with van der Waals surface area (Å²) < 4.78 is 31.4. The van der Waals surface area contributed by atoms with Gasteiger partial charge in [-0.2, -0.15) is 4.31 Å². The quantitative estimate of drug-likeness (QED) is 0.861.